The fourth-order valence-corrected chi connectivity index (χ4v) is 2.50. The van der Waals surface area contributed by atoms with Crippen molar-refractivity contribution in [1.29, 1.82) is 0 Å². The first-order chi connectivity index (χ1) is 7.27. The van der Waals surface area contributed by atoms with E-state index in [-0.39, 0.29) is 0 Å². The number of hydrogen-bond donors (Lipinski definition) is 1. The molecule has 1 heterocycles. The fraction of sp³-hybridized carbons (Fsp3) is 0.385. The summed E-state index contributed by atoms with van der Waals surface area (Å²) >= 11 is 0. The van der Waals surface area contributed by atoms with E-state index in [1.54, 1.807) is 0 Å². The summed E-state index contributed by atoms with van der Waals surface area (Å²) < 4.78 is 2.17. The molecule has 1 fully saturated rings. The quantitative estimate of drug-likeness (QED) is 0.791. The molecule has 0 radical (unpaired) electrons. The van der Waals surface area contributed by atoms with Crippen LogP contribution in [0.4, 0.5) is 0 Å². The molecule has 1 aliphatic rings. The zero-order valence-electron chi connectivity index (χ0n) is 9.03. The third-order valence-electron chi connectivity index (χ3n) is 3.74. The summed E-state index contributed by atoms with van der Waals surface area (Å²) in [4.78, 5) is 0. The van der Waals surface area contributed by atoms with Crippen molar-refractivity contribution in [2.24, 2.45) is 12.8 Å². The zero-order valence-corrected chi connectivity index (χ0v) is 9.03. The van der Waals surface area contributed by atoms with E-state index in [4.69, 9.17) is 5.73 Å². The number of nitrogens with two attached hydrogens (primary N) is 1. The molecule has 2 N–H and O–H groups in total. The van der Waals surface area contributed by atoms with Crippen LogP contribution in [-0.4, -0.2) is 11.1 Å². The van der Waals surface area contributed by atoms with Gasteiger partial charge in [-0.15, -0.1) is 0 Å². The molecule has 0 spiro atoms. The maximum absolute atomic E-state index is 5.89. The van der Waals surface area contributed by atoms with Gasteiger partial charge >= 0.3 is 0 Å². The van der Waals surface area contributed by atoms with E-state index in [1.165, 1.54) is 29.3 Å². The largest absolute Gasteiger partial charge is 0.351 e. The lowest BCUT2D eigenvalue weighted by Gasteiger charge is -2.14. The minimum absolute atomic E-state index is 0.293. The molecule has 1 aromatic heterocycles. The molecule has 0 saturated heterocycles. The van der Waals surface area contributed by atoms with Gasteiger partial charge < -0.3 is 10.3 Å². The van der Waals surface area contributed by atoms with Crippen molar-refractivity contribution in [1.82, 2.24) is 4.57 Å². The molecule has 0 unspecified atom stereocenters. The summed E-state index contributed by atoms with van der Waals surface area (Å²) in [6.07, 6.45) is 4.62. The van der Waals surface area contributed by atoms with Gasteiger partial charge in [-0.1, -0.05) is 12.1 Å². The maximum Gasteiger partial charge on any atom is 0.0480 e. The zero-order chi connectivity index (χ0) is 10.5. The van der Waals surface area contributed by atoms with Gasteiger partial charge in [-0.3, -0.25) is 0 Å². The van der Waals surface area contributed by atoms with Crippen molar-refractivity contribution >= 4 is 10.9 Å². The molecular formula is C13H16N2. The monoisotopic (exact) mass is 200 g/mol. The Morgan fingerprint density at radius 3 is 2.80 bits per heavy atom. The highest BCUT2D eigenvalue weighted by Crippen LogP contribution is 2.49. The second-order valence-electron chi connectivity index (χ2n) is 4.65. The van der Waals surface area contributed by atoms with Crippen LogP contribution >= 0.6 is 0 Å². The van der Waals surface area contributed by atoms with E-state index in [0.29, 0.717) is 5.41 Å². The Kier molecular flexibility index (Phi) is 1.71. The Hall–Kier alpha value is -1.28. The SMILES string of the molecule is Cn1ccc2c(C3(CN)CC3)cccc21. The Balaban J connectivity index is 2.27. The van der Waals surface area contributed by atoms with Crippen LogP contribution in [0.1, 0.15) is 18.4 Å². The lowest BCUT2D eigenvalue weighted by molar-refractivity contribution is 0.711. The van der Waals surface area contributed by atoms with Crippen molar-refractivity contribution in [3.05, 3.63) is 36.0 Å². The van der Waals surface area contributed by atoms with Crippen LogP contribution in [0, 0.1) is 0 Å². The van der Waals surface area contributed by atoms with E-state index in [0.717, 1.165) is 6.54 Å². The van der Waals surface area contributed by atoms with Crippen LogP contribution in [0.25, 0.3) is 10.9 Å². The second-order valence-corrected chi connectivity index (χ2v) is 4.65. The molecule has 2 nitrogen and oxygen atoms in total. The summed E-state index contributed by atoms with van der Waals surface area (Å²) in [5.74, 6) is 0. The molecular weight excluding hydrogens is 184 g/mol. The average Bonchev–Trinajstić information content (AvgIpc) is 2.98. The van der Waals surface area contributed by atoms with Gasteiger partial charge in [-0.05, 0) is 30.5 Å². The summed E-state index contributed by atoms with van der Waals surface area (Å²) in [7, 11) is 2.09. The van der Waals surface area contributed by atoms with Gasteiger partial charge in [0.2, 0.25) is 0 Å². The van der Waals surface area contributed by atoms with E-state index < -0.39 is 0 Å². The topological polar surface area (TPSA) is 30.9 Å². The fourth-order valence-electron chi connectivity index (χ4n) is 2.50. The highest BCUT2D eigenvalue weighted by molar-refractivity contribution is 5.85. The highest BCUT2D eigenvalue weighted by atomic mass is 14.9. The molecule has 0 amide bonds. The number of rotatable bonds is 2. The van der Waals surface area contributed by atoms with E-state index >= 15 is 0 Å². The molecule has 2 heteroatoms. The van der Waals surface area contributed by atoms with Crippen LogP contribution in [0.2, 0.25) is 0 Å². The molecule has 1 aromatic carbocycles. The van der Waals surface area contributed by atoms with Crippen molar-refractivity contribution in [3.8, 4) is 0 Å². The molecule has 0 aliphatic heterocycles. The first-order valence-electron chi connectivity index (χ1n) is 5.51. The van der Waals surface area contributed by atoms with Crippen molar-refractivity contribution in [2.75, 3.05) is 6.54 Å². The van der Waals surface area contributed by atoms with Crippen LogP contribution in [0.15, 0.2) is 30.5 Å². The van der Waals surface area contributed by atoms with Crippen LogP contribution in [0.3, 0.4) is 0 Å². The average molecular weight is 200 g/mol. The standard InChI is InChI=1S/C13H16N2/c1-15-8-5-10-11(3-2-4-12(10)15)13(9-14)6-7-13/h2-5,8H,6-7,9,14H2,1H3. The van der Waals surface area contributed by atoms with E-state index in [1.807, 2.05) is 0 Å². The summed E-state index contributed by atoms with van der Waals surface area (Å²) in [6, 6.07) is 8.77. The number of benzene rings is 1. The smallest absolute Gasteiger partial charge is 0.0480 e. The summed E-state index contributed by atoms with van der Waals surface area (Å²) in [5, 5.41) is 1.38. The molecule has 0 bridgehead atoms. The van der Waals surface area contributed by atoms with Gasteiger partial charge in [0.1, 0.15) is 0 Å². The summed E-state index contributed by atoms with van der Waals surface area (Å²) in [6.45, 7) is 0.779. The van der Waals surface area contributed by atoms with Crippen molar-refractivity contribution in [2.45, 2.75) is 18.3 Å². The van der Waals surface area contributed by atoms with Gasteiger partial charge in [-0.2, -0.15) is 0 Å². The highest BCUT2D eigenvalue weighted by Gasteiger charge is 2.43. The third-order valence-corrected chi connectivity index (χ3v) is 3.74. The van der Waals surface area contributed by atoms with Gasteiger partial charge in [0.25, 0.3) is 0 Å². The number of fused-ring (bicyclic) bond motifs is 1. The Morgan fingerprint density at radius 1 is 1.33 bits per heavy atom. The Labute approximate surface area is 89.7 Å². The maximum atomic E-state index is 5.89. The first kappa shape index (κ1) is 8.98. The third kappa shape index (κ3) is 1.15. The molecule has 15 heavy (non-hydrogen) atoms. The van der Waals surface area contributed by atoms with Crippen LogP contribution in [-0.2, 0) is 12.5 Å². The van der Waals surface area contributed by atoms with E-state index in [9.17, 15) is 0 Å². The number of hydrogen-bond acceptors (Lipinski definition) is 1. The van der Waals surface area contributed by atoms with Gasteiger partial charge in [0.05, 0.1) is 0 Å². The number of aryl methyl sites for hydroxylation is 1. The van der Waals surface area contributed by atoms with Gasteiger partial charge in [0.15, 0.2) is 0 Å². The van der Waals surface area contributed by atoms with Crippen molar-refractivity contribution < 1.29 is 0 Å². The second kappa shape index (κ2) is 2.86. The van der Waals surface area contributed by atoms with Crippen LogP contribution < -0.4 is 5.73 Å². The molecule has 2 aromatic rings. The minimum atomic E-state index is 0.293. The predicted octanol–water partition coefficient (Wildman–Crippen LogP) is 2.17. The predicted molar refractivity (Wildman–Crippen MR) is 62.9 cm³/mol. The Morgan fingerprint density at radius 2 is 2.13 bits per heavy atom. The number of nitrogens with zero attached hydrogens (tertiary/aromatic N) is 1. The molecule has 78 valence electrons. The first-order valence-corrected chi connectivity index (χ1v) is 5.51. The van der Waals surface area contributed by atoms with Crippen molar-refractivity contribution in [3.63, 3.8) is 0 Å². The summed E-state index contributed by atoms with van der Waals surface area (Å²) in [5.41, 5.74) is 8.94. The molecule has 1 aliphatic carbocycles. The number of aromatic nitrogens is 1. The lowest BCUT2D eigenvalue weighted by Crippen LogP contribution is -2.19. The molecule has 1 saturated carbocycles. The van der Waals surface area contributed by atoms with Gasteiger partial charge in [0, 0.05) is 36.1 Å². The van der Waals surface area contributed by atoms with E-state index in [2.05, 4.69) is 42.1 Å². The minimum Gasteiger partial charge on any atom is -0.351 e. The van der Waals surface area contributed by atoms with Crippen LogP contribution in [0.5, 0.6) is 0 Å². The Bertz CT molecular complexity index is 506. The lowest BCUT2D eigenvalue weighted by atomic mass is 9.93. The normalized spacial score (nSPS) is 18.3. The molecule has 3 rings (SSSR count). The molecule has 0 atom stereocenters. The van der Waals surface area contributed by atoms with Gasteiger partial charge in [-0.25, -0.2) is 0 Å².